The van der Waals surface area contributed by atoms with Crippen LogP contribution in [0.15, 0.2) is 10.9 Å². The number of hydrogen-bond acceptors (Lipinski definition) is 6. The molecule has 0 fully saturated rings. The van der Waals surface area contributed by atoms with E-state index in [-0.39, 0.29) is 12.2 Å². The zero-order chi connectivity index (χ0) is 14.9. The predicted octanol–water partition coefficient (Wildman–Crippen LogP) is 0.391. The van der Waals surface area contributed by atoms with Crippen LogP contribution in [0.1, 0.15) is 35.4 Å². The van der Waals surface area contributed by atoms with Crippen LogP contribution < -0.4 is 5.56 Å². The number of pyridine rings is 1. The van der Waals surface area contributed by atoms with Crippen LogP contribution in [0.25, 0.3) is 0 Å². The van der Waals surface area contributed by atoms with E-state index in [0.29, 0.717) is 18.5 Å². The van der Waals surface area contributed by atoms with Gasteiger partial charge in [-0.05, 0) is 19.8 Å². The molecule has 0 aromatic carbocycles. The molecule has 108 valence electrons. The molecule has 0 radical (unpaired) electrons. The maximum Gasteiger partial charge on any atom is 0.343 e. The van der Waals surface area contributed by atoms with Crippen molar-refractivity contribution in [2.45, 2.75) is 25.8 Å². The lowest BCUT2D eigenvalue weighted by molar-refractivity contribution is -0.147. The molecule has 1 atom stereocenters. The predicted molar refractivity (Wildman–Crippen MR) is 67.7 cm³/mol. The SMILES string of the molecule is CCOC(=O)C1CCc2c(C(=O)OC)c(O)cc(=O)n21. The van der Waals surface area contributed by atoms with E-state index in [1.54, 1.807) is 6.92 Å². The van der Waals surface area contributed by atoms with Crippen LogP contribution >= 0.6 is 0 Å². The van der Waals surface area contributed by atoms with E-state index >= 15 is 0 Å². The van der Waals surface area contributed by atoms with E-state index in [2.05, 4.69) is 4.74 Å². The van der Waals surface area contributed by atoms with Gasteiger partial charge in [-0.25, -0.2) is 9.59 Å². The smallest absolute Gasteiger partial charge is 0.343 e. The standard InChI is InChI=1S/C13H15NO6/c1-3-20-12(17)8-5-4-7-11(13(18)19-2)9(15)6-10(16)14(7)8/h6,8,15H,3-5H2,1-2H3. The number of carbonyl (C=O) groups excluding carboxylic acids is 2. The first kappa shape index (κ1) is 14.1. The normalized spacial score (nSPS) is 16.6. The van der Waals surface area contributed by atoms with Gasteiger partial charge in [-0.2, -0.15) is 0 Å². The molecular weight excluding hydrogens is 266 g/mol. The van der Waals surface area contributed by atoms with Gasteiger partial charge in [0.15, 0.2) is 0 Å². The van der Waals surface area contributed by atoms with Crippen LogP contribution in [0.5, 0.6) is 5.75 Å². The Kier molecular flexibility index (Phi) is 3.78. The minimum Gasteiger partial charge on any atom is -0.507 e. The molecule has 1 N–H and O–H groups in total. The molecule has 7 heteroatoms. The molecule has 0 spiro atoms. The quantitative estimate of drug-likeness (QED) is 0.805. The van der Waals surface area contributed by atoms with Crippen molar-refractivity contribution in [3.8, 4) is 5.75 Å². The van der Waals surface area contributed by atoms with Gasteiger partial charge in [0.05, 0.1) is 13.7 Å². The molecule has 1 aliphatic heterocycles. The Bertz CT molecular complexity index is 618. The molecule has 1 aromatic rings. The first-order valence-corrected chi connectivity index (χ1v) is 6.23. The van der Waals surface area contributed by atoms with Crippen LogP contribution in [0.4, 0.5) is 0 Å². The Labute approximate surface area is 114 Å². The molecule has 2 heterocycles. The molecule has 0 saturated carbocycles. The molecule has 0 amide bonds. The summed E-state index contributed by atoms with van der Waals surface area (Å²) in [5.74, 6) is -1.69. The first-order valence-electron chi connectivity index (χ1n) is 6.23. The zero-order valence-electron chi connectivity index (χ0n) is 11.2. The highest BCUT2D eigenvalue weighted by Gasteiger charge is 2.35. The summed E-state index contributed by atoms with van der Waals surface area (Å²) < 4.78 is 10.7. The van der Waals surface area contributed by atoms with Gasteiger partial charge in [-0.3, -0.25) is 9.36 Å². The lowest BCUT2D eigenvalue weighted by Crippen LogP contribution is -2.29. The van der Waals surface area contributed by atoms with Crippen molar-refractivity contribution < 1.29 is 24.2 Å². The monoisotopic (exact) mass is 281 g/mol. The molecule has 20 heavy (non-hydrogen) atoms. The van der Waals surface area contributed by atoms with E-state index in [9.17, 15) is 19.5 Å². The van der Waals surface area contributed by atoms with E-state index < -0.39 is 29.3 Å². The third-order valence-electron chi connectivity index (χ3n) is 3.25. The maximum atomic E-state index is 12.0. The highest BCUT2D eigenvalue weighted by molar-refractivity contribution is 5.94. The van der Waals surface area contributed by atoms with Crippen LogP contribution in [-0.4, -0.2) is 35.3 Å². The van der Waals surface area contributed by atoms with Crippen molar-refractivity contribution in [2.75, 3.05) is 13.7 Å². The second-order valence-electron chi connectivity index (χ2n) is 4.36. The Morgan fingerprint density at radius 1 is 1.50 bits per heavy atom. The van der Waals surface area contributed by atoms with Gasteiger partial charge in [0.2, 0.25) is 0 Å². The number of nitrogens with zero attached hydrogens (tertiary/aromatic N) is 1. The average molecular weight is 281 g/mol. The van der Waals surface area contributed by atoms with Gasteiger partial charge >= 0.3 is 11.9 Å². The summed E-state index contributed by atoms with van der Waals surface area (Å²) in [6.45, 7) is 1.88. The second kappa shape index (κ2) is 5.36. The summed E-state index contributed by atoms with van der Waals surface area (Å²) in [5.41, 5.74) is -0.306. The number of fused-ring (bicyclic) bond motifs is 1. The number of aromatic nitrogens is 1. The van der Waals surface area contributed by atoms with Gasteiger partial charge in [-0.1, -0.05) is 0 Å². The third kappa shape index (κ3) is 2.15. The fourth-order valence-corrected chi connectivity index (χ4v) is 2.44. The fraction of sp³-hybridized carbons (Fsp3) is 0.462. The summed E-state index contributed by atoms with van der Waals surface area (Å²) in [7, 11) is 1.18. The van der Waals surface area contributed by atoms with Gasteiger partial charge in [0.25, 0.3) is 5.56 Å². The Balaban J connectivity index is 2.57. The number of carbonyl (C=O) groups is 2. The Morgan fingerprint density at radius 2 is 2.20 bits per heavy atom. The van der Waals surface area contributed by atoms with Crippen molar-refractivity contribution in [2.24, 2.45) is 0 Å². The van der Waals surface area contributed by atoms with Crippen LogP contribution in [0, 0.1) is 0 Å². The van der Waals surface area contributed by atoms with E-state index in [1.807, 2.05) is 0 Å². The number of methoxy groups -OCH3 is 1. The topological polar surface area (TPSA) is 94.8 Å². The molecule has 1 aromatic heterocycles. The van der Waals surface area contributed by atoms with Crippen LogP contribution in [-0.2, 0) is 20.7 Å². The minimum absolute atomic E-state index is 0.0705. The van der Waals surface area contributed by atoms with E-state index in [0.717, 1.165) is 6.07 Å². The molecule has 2 rings (SSSR count). The van der Waals surface area contributed by atoms with E-state index in [1.165, 1.54) is 11.7 Å². The number of hydrogen-bond donors (Lipinski definition) is 1. The molecular formula is C13H15NO6. The van der Waals surface area contributed by atoms with Crippen molar-refractivity contribution in [1.29, 1.82) is 0 Å². The van der Waals surface area contributed by atoms with Crippen molar-refractivity contribution in [3.05, 3.63) is 27.7 Å². The van der Waals surface area contributed by atoms with Gasteiger partial charge in [0, 0.05) is 11.8 Å². The lowest BCUT2D eigenvalue weighted by atomic mass is 10.1. The highest BCUT2D eigenvalue weighted by Crippen LogP contribution is 2.31. The first-order chi connectivity index (χ1) is 9.51. The van der Waals surface area contributed by atoms with Gasteiger partial charge in [-0.15, -0.1) is 0 Å². The van der Waals surface area contributed by atoms with Gasteiger partial charge < -0.3 is 14.6 Å². The molecule has 0 saturated heterocycles. The zero-order valence-corrected chi connectivity index (χ0v) is 11.2. The summed E-state index contributed by atoms with van der Waals surface area (Å²) >= 11 is 0. The fourth-order valence-electron chi connectivity index (χ4n) is 2.44. The number of ether oxygens (including phenoxy) is 2. The van der Waals surface area contributed by atoms with Crippen molar-refractivity contribution >= 4 is 11.9 Å². The highest BCUT2D eigenvalue weighted by atomic mass is 16.5. The number of aromatic hydroxyl groups is 1. The van der Waals surface area contributed by atoms with Crippen LogP contribution in [0.2, 0.25) is 0 Å². The largest absolute Gasteiger partial charge is 0.507 e. The summed E-state index contributed by atoms with van der Waals surface area (Å²) in [4.78, 5) is 35.5. The second-order valence-corrected chi connectivity index (χ2v) is 4.36. The summed E-state index contributed by atoms with van der Waals surface area (Å²) in [5, 5.41) is 9.75. The van der Waals surface area contributed by atoms with Crippen LogP contribution in [0.3, 0.4) is 0 Å². The molecule has 1 aliphatic rings. The molecule has 0 aliphatic carbocycles. The molecule has 7 nitrogen and oxygen atoms in total. The lowest BCUT2D eigenvalue weighted by Gasteiger charge is -2.15. The molecule has 1 unspecified atom stereocenters. The maximum absolute atomic E-state index is 12.0. The molecule has 0 bridgehead atoms. The van der Waals surface area contributed by atoms with E-state index in [4.69, 9.17) is 4.74 Å². The van der Waals surface area contributed by atoms with Crippen molar-refractivity contribution in [1.82, 2.24) is 4.57 Å². The van der Waals surface area contributed by atoms with Crippen molar-refractivity contribution in [3.63, 3.8) is 0 Å². The Hall–Kier alpha value is -2.31. The summed E-state index contributed by atoms with van der Waals surface area (Å²) in [6, 6.07) is 0.147. The third-order valence-corrected chi connectivity index (χ3v) is 3.25. The minimum atomic E-state index is -0.763. The Morgan fingerprint density at radius 3 is 2.80 bits per heavy atom. The average Bonchev–Trinajstić information content (AvgIpc) is 2.83. The number of esters is 2. The summed E-state index contributed by atoms with van der Waals surface area (Å²) in [6.07, 6.45) is 0.666. The number of rotatable bonds is 3. The van der Waals surface area contributed by atoms with Gasteiger partial charge in [0.1, 0.15) is 17.4 Å².